The van der Waals surface area contributed by atoms with Crippen LogP contribution in [0.15, 0.2) is 71.8 Å². The minimum atomic E-state index is -1.20. The van der Waals surface area contributed by atoms with E-state index in [4.69, 9.17) is 23.2 Å². The molecule has 36 heavy (non-hydrogen) atoms. The number of thioether (sulfide) groups is 1. The van der Waals surface area contributed by atoms with Gasteiger partial charge < -0.3 is 9.67 Å². The van der Waals surface area contributed by atoms with Gasteiger partial charge in [-0.25, -0.2) is 18.6 Å². The number of allylic oxidation sites excluding steroid dienone is 4. The van der Waals surface area contributed by atoms with E-state index in [1.54, 1.807) is 24.4 Å². The Morgan fingerprint density at radius 3 is 2.67 bits per heavy atom. The van der Waals surface area contributed by atoms with Gasteiger partial charge in [0.25, 0.3) is 0 Å². The molecule has 10 heteroatoms. The van der Waals surface area contributed by atoms with E-state index in [2.05, 4.69) is 14.2 Å². The SMILES string of the molecule is CC(C)(c1ccc(Cl)c(Cl)c1)c1cnc(SCc2c(F)cccc2C(=O)O)n1CC=CC(F)=CCP. The van der Waals surface area contributed by atoms with Crippen molar-refractivity contribution in [2.45, 2.75) is 36.7 Å². The summed E-state index contributed by atoms with van der Waals surface area (Å²) in [5, 5.41) is 10.9. The lowest BCUT2D eigenvalue weighted by atomic mass is 9.81. The molecule has 0 bridgehead atoms. The number of aromatic carboxylic acids is 1. The van der Waals surface area contributed by atoms with Crippen LogP contribution in [0.1, 0.15) is 41.0 Å². The van der Waals surface area contributed by atoms with Gasteiger partial charge in [-0.15, -0.1) is 9.24 Å². The first kappa shape index (κ1) is 28.4. The van der Waals surface area contributed by atoms with E-state index in [1.165, 1.54) is 42.1 Å². The zero-order valence-corrected chi connectivity index (χ0v) is 23.1. The van der Waals surface area contributed by atoms with Crippen molar-refractivity contribution in [3.8, 4) is 0 Å². The van der Waals surface area contributed by atoms with Crippen molar-refractivity contribution < 1.29 is 18.7 Å². The zero-order valence-electron chi connectivity index (χ0n) is 19.6. The molecule has 1 aromatic heterocycles. The first-order valence-electron chi connectivity index (χ1n) is 10.9. The Morgan fingerprint density at radius 1 is 1.25 bits per heavy atom. The number of hydrogen-bond acceptors (Lipinski definition) is 3. The van der Waals surface area contributed by atoms with Gasteiger partial charge >= 0.3 is 5.97 Å². The van der Waals surface area contributed by atoms with Crippen LogP contribution in [0.25, 0.3) is 0 Å². The third-order valence-electron chi connectivity index (χ3n) is 5.67. The molecule has 3 rings (SSSR count). The number of imidazole rings is 1. The molecule has 0 saturated carbocycles. The lowest BCUT2D eigenvalue weighted by Gasteiger charge is -2.27. The van der Waals surface area contributed by atoms with Crippen LogP contribution in [-0.2, 0) is 17.7 Å². The van der Waals surface area contributed by atoms with E-state index in [0.29, 0.717) is 27.9 Å². The summed E-state index contributed by atoms with van der Waals surface area (Å²) in [7, 11) is 2.44. The maximum Gasteiger partial charge on any atom is 0.336 e. The van der Waals surface area contributed by atoms with Crippen molar-refractivity contribution in [3.63, 3.8) is 0 Å². The fourth-order valence-electron chi connectivity index (χ4n) is 3.68. The van der Waals surface area contributed by atoms with E-state index in [-0.39, 0.29) is 22.7 Å². The predicted molar refractivity (Wildman–Crippen MR) is 147 cm³/mol. The summed E-state index contributed by atoms with van der Waals surface area (Å²) in [4.78, 5) is 16.1. The van der Waals surface area contributed by atoms with E-state index in [1.807, 2.05) is 24.5 Å². The van der Waals surface area contributed by atoms with Crippen LogP contribution in [0.5, 0.6) is 0 Å². The van der Waals surface area contributed by atoms with Crippen LogP contribution in [0, 0.1) is 5.82 Å². The number of halogens is 4. The number of carbonyl (C=O) groups is 1. The normalized spacial score (nSPS) is 12.5. The number of carboxylic acid groups (broad SMARTS) is 1. The maximum absolute atomic E-state index is 14.5. The van der Waals surface area contributed by atoms with Crippen molar-refractivity contribution in [2.75, 3.05) is 6.16 Å². The van der Waals surface area contributed by atoms with E-state index >= 15 is 0 Å². The second-order valence-electron chi connectivity index (χ2n) is 8.38. The number of aromatic nitrogens is 2. The molecule has 0 radical (unpaired) electrons. The Morgan fingerprint density at radius 2 is 2.00 bits per heavy atom. The van der Waals surface area contributed by atoms with Crippen molar-refractivity contribution in [1.82, 2.24) is 9.55 Å². The number of rotatable bonds is 10. The van der Waals surface area contributed by atoms with Gasteiger partial charge in [0.2, 0.25) is 0 Å². The minimum Gasteiger partial charge on any atom is -0.478 e. The summed E-state index contributed by atoms with van der Waals surface area (Å²) in [6, 6.07) is 9.38. The third-order valence-corrected chi connectivity index (χ3v) is 7.67. The highest BCUT2D eigenvalue weighted by Gasteiger charge is 2.29. The summed E-state index contributed by atoms with van der Waals surface area (Å²) in [5.74, 6) is -2.10. The van der Waals surface area contributed by atoms with E-state index in [9.17, 15) is 18.7 Å². The highest BCUT2D eigenvalue weighted by atomic mass is 35.5. The first-order valence-corrected chi connectivity index (χ1v) is 13.5. The van der Waals surface area contributed by atoms with Crippen molar-refractivity contribution >= 4 is 50.2 Å². The highest BCUT2D eigenvalue weighted by molar-refractivity contribution is 7.98. The molecule has 0 spiro atoms. The Bertz CT molecular complexity index is 1330. The fraction of sp³-hybridized carbons (Fsp3) is 0.231. The molecule has 0 aliphatic heterocycles. The van der Waals surface area contributed by atoms with Crippen LogP contribution >= 0.6 is 44.2 Å². The molecular formula is C26H25Cl2F2N2O2PS. The topological polar surface area (TPSA) is 55.1 Å². The van der Waals surface area contributed by atoms with Crippen molar-refractivity contribution in [1.29, 1.82) is 0 Å². The lowest BCUT2D eigenvalue weighted by Crippen LogP contribution is -2.23. The van der Waals surface area contributed by atoms with Gasteiger partial charge in [0, 0.05) is 29.0 Å². The second kappa shape index (κ2) is 12.4. The van der Waals surface area contributed by atoms with Crippen molar-refractivity contribution in [3.05, 3.63) is 105 Å². The number of hydrogen-bond donors (Lipinski definition) is 1. The molecule has 3 aromatic rings. The summed E-state index contributed by atoms with van der Waals surface area (Å²) in [5.41, 5.74) is 1.14. The number of benzene rings is 2. The quantitative estimate of drug-likeness (QED) is 0.153. The number of carboxylic acids is 1. The summed E-state index contributed by atoms with van der Waals surface area (Å²) >= 11 is 13.6. The predicted octanol–water partition coefficient (Wildman–Crippen LogP) is 7.93. The van der Waals surface area contributed by atoms with E-state index in [0.717, 1.165) is 11.3 Å². The van der Waals surface area contributed by atoms with Crippen LogP contribution in [0.3, 0.4) is 0 Å². The molecule has 0 aliphatic rings. The lowest BCUT2D eigenvalue weighted by molar-refractivity contribution is 0.0695. The molecule has 1 atom stereocenters. The second-order valence-corrected chi connectivity index (χ2v) is 10.6. The van der Waals surface area contributed by atoms with Gasteiger partial charge in [-0.1, -0.05) is 67.0 Å². The van der Waals surface area contributed by atoms with Gasteiger partial charge in [0.15, 0.2) is 5.16 Å². The van der Waals surface area contributed by atoms with Crippen molar-refractivity contribution in [2.24, 2.45) is 0 Å². The van der Waals surface area contributed by atoms with Gasteiger partial charge in [-0.05, 0) is 48.1 Å². The first-order chi connectivity index (χ1) is 17.1. The molecule has 1 heterocycles. The molecule has 1 unspecified atom stereocenters. The highest BCUT2D eigenvalue weighted by Crippen LogP contribution is 2.37. The average molecular weight is 569 g/mol. The minimum absolute atomic E-state index is 0.0585. The van der Waals surface area contributed by atoms with Gasteiger partial charge in [0.1, 0.15) is 11.6 Å². The van der Waals surface area contributed by atoms with Crippen LogP contribution in [0.4, 0.5) is 8.78 Å². The smallest absolute Gasteiger partial charge is 0.336 e. The molecule has 0 fully saturated rings. The largest absolute Gasteiger partial charge is 0.478 e. The van der Waals surface area contributed by atoms with Gasteiger partial charge in [-0.3, -0.25) is 0 Å². The van der Waals surface area contributed by atoms with Gasteiger partial charge in [0.05, 0.1) is 21.8 Å². The Kier molecular flexibility index (Phi) is 9.76. The molecule has 0 aliphatic carbocycles. The molecule has 0 amide bonds. The van der Waals surface area contributed by atoms with Gasteiger partial charge in [-0.2, -0.15) is 0 Å². The number of nitrogens with zero attached hydrogens (tertiary/aromatic N) is 2. The molecule has 4 nitrogen and oxygen atoms in total. The zero-order chi connectivity index (χ0) is 26.5. The summed E-state index contributed by atoms with van der Waals surface area (Å²) in [6.07, 6.45) is 6.71. The Labute approximate surface area is 225 Å². The molecule has 190 valence electrons. The monoisotopic (exact) mass is 568 g/mol. The standard InChI is InChI=1S/C26H25Cl2F2N2O2PS/c1-26(2,16-8-9-20(27)21(28)13-16)23-14-31-25(32(23)11-4-5-17(29)10-12-35)36-15-19-18(24(33)34)6-3-7-22(19)30/h3-10,13-14H,11-12,15,35H2,1-2H3,(H,33,34). The van der Waals surface area contributed by atoms with Crippen LogP contribution in [0.2, 0.25) is 10.0 Å². The fourth-order valence-corrected chi connectivity index (χ4v) is 5.22. The Balaban J connectivity index is 2.01. The summed E-state index contributed by atoms with van der Waals surface area (Å²) in [6.45, 7) is 4.31. The summed E-state index contributed by atoms with van der Waals surface area (Å²) < 4.78 is 30.3. The van der Waals surface area contributed by atoms with E-state index < -0.39 is 17.2 Å². The molecular weight excluding hydrogens is 544 g/mol. The molecule has 0 saturated heterocycles. The average Bonchev–Trinajstić information content (AvgIpc) is 3.23. The maximum atomic E-state index is 14.5. The molecule has 1 N–H and O–H groups in total. The third kappa shape index (κ3) is 6.57. The Hall–Kier alpha value is -2.18. The molecule has 2 aromatic carbocycles. The van der Waals surface area contributed by atoms with Crippen LogP contribution in [-0.4, -0.2) is 26.8 Å². The van der Waals surface area contributed by atoms with Crippen LogP contribution < -0.4 is 0 Å².